The second kappa shape index (κ2) is 12.0. The molecule has 2 heterocycles. The van der Waals surface area contributed by atoms with Crippen molar-refractivity contribution in [3.8, 4) is 0 Å². The van der Waals surface area contributed by atoms with E-state index in [9.17, 15) is 4.79 Å². The highest BCUT2D eigenvalue weighted by molar-refractivity contribution is 5.85. The second-order valence-corrected chi connectivity index (χ2v) is 6.59. The van der Waals surface area contributed by atoms with Crippen LogP contribution in [-0.4, -0.2) is 53.9 Å². The third-order valence-electron chi connectivity index (χ3n) is 4.61. The van der Waals surface area contributed by atoms with Gasteiger partial charge in [-0.15, -0.1) is 24.8 Å². The zero-order valence-corrected chi connectivity index (χ0v) is 17.9. The van der Waals surface area contributed by atoms with Crippen LogP contribution >= 0.6 is 24.8 Å². The van der Waals surface area contributed by atoms with Gasteiger partial charge in [-0.05, 0) is 18.2 Å². The van der Waals surface area contributed by atoms with E-state index < -0.39 is 6.04 Å². The maximum atomic E-state index is 12.5. The summed E-state index contributed by atoms with van der Waals surface area (Å²) in [6, 6.07) is 8.02. The number of ether oxygens (including phenoxy) is 1. The Kier molecular flexibility index (Phi) is 10.5. The summed E-state index contributed by atoms with van der Waals surface area (Å²) in [5, 5.41) is 10.2. The molecule has 0 bridgehead atoms. The van der Waals surface area contributed by atoms with E-state index in [4.69, 9.17) is 4.74 Å². The Labute approximate surface area is 178 Å². The summed E-state index contributed by atoms with van der Waals surface area (Å²) in [4.78, 5) is 14.9. The third kappa shape index (κ3) is 6.76. The van der Waals surface area contributed by atoms with E-state index in [1.54, 1.807) is 17.9 Å². The summed E-state index contributed by atoms with van der Waals surface area (Å²) in [5.41, 5.74) is 3.23. The predicted molar refractivity (Wildman–Crippen MR) is 114 cm³/mol. The molecule has 2 aromatic rings. The summed E-state index contributed by atoms with van der Waals surface area (Å²) in [6.45, 7) is 5.05. The molecule has 1 aromatic carbocycles. The number of likely N-dealkylation sites (N-methyl/N-ethyl adjacent to an activating group) is 1. The van der Waals surface area contributed by atoms with Crippen LogP contribution in [0.25, 0.3) is 0 Å². The minimum atomic E-state index is -0.399. The summed E-state index contributed by atoms with van der Waals surface area (Å²) < 4.78 is 7.08. The van der Waals surface area contributed by atoms with E-state index in [0.717, 1.165) is 44.0 Å². The molecule has 156 valence electrons. The molecule has 1 fully saturated rings. The first-order valence-corrected chi connectivity index (χ1v) is 8.97. The Balaban J connectivity index is 0.00000196. The zero-order chi connectivity index (χ0) is 18.4. The molecule has 1 aliphatic heterocycles. The van der Waals surface area contributed by atoms with E-state index in [1.807, 2.05) is 13.2 Å². The average molecular weight is 430 g/mol. The van der Waals surface area contributed by atoms with E-state index in [2.05, 4.69) is 44.9 Å². The quantitative estimate of drug-likeness (QED) is 0.700. The van der Waals surface area contributed by atoms with Gasteiger partial charge in [-0.2, -0.15) is 5.10 Å². The molecule has 2 N–H and O–H groups in total. The van der Waals surface area contributed by atoms with Crippen molar-refractivity contribution in [2.75, 3.05) is 33.4 Å². The van der Waals surface area contributed by atoms with Crippen LogP contribution in [-0.2, 0) is 29.7 Å². The van der Waals surface area contributed by atoms with Gasteiger partial charge in [-0.25, -0.2) is 0 Å². The van der Waals surface area contributed by atoms with E-state index in [0.29, 0.717) is 6.54 Å². The molecule has 1 amide bonds. The lowest BCUT2D eigenvalue weighted by Crippen LogP contribution is -2.35. The largest absolute Gasteiger partial charge is 0.379 e. The van der Waals surface area contributed by atoms with Gasteiger partial charge in [0.2, 0.25) is 5.91 Å². The van der Waals surface area contributed by atoms with Crippen molar-refractivity contribution in [2.24, 2.45) is 7.05 Å². The maximum Gasteiger partial charge on any atom is 0.242 e. The molecule has 0 aliphatic carbocycles. The highest BCUT2D eigenvalue weighted by atomic mass is 35.5. The molecule has 0 spiro atoms. The van der Waals surface area contributed by atoms with Crippen LogP contribution in [0.15, 0.2) is 36.7 Å². The molecule has 1 aromatic heterocycles. The Morgan fingerprint density at radius 3 is 2.39 bits per heavy atom. The highest BCUT2D eigenvalue weighted by Crippen LogP contribution is 2.12. The number of morpholine rings is 1. The van der Waals surface area contributed by atoms with Crippen molar-refractivity contribution < 1.29 is 9.53 Å². The molecule has 1 saturated heterocycles. The number of aryl methyl sites for hydroxylation is 1. The van der Waals surface area contributed by atoms with Gasteiger partial charge in [0.05, 0.1) is 19.4 Å². The van der Waals surface area contributed by atoms with Crippen molar-refractivity contribution in [1.82, 2.24) is 25.3 Å². The third-order valence-corrected chi connectivity index (χ3v) is 4.61. The van der Waals surface area contributed by atoms with Crippen LogP contribution < -0.4 is 10.6 Å². The van der Waals surface area contributed by atoms with Crippen LogP contribution in [0, 0.1) is 0 Å². The van der Waals surface area contributed by atoms with Crippen molar-refractivity contribution in [3.63, 3.8) is 0 Å². The van der Waals surface area contributed by atoms with Crippen molar-refractivity contribution in [2.45, 2.75) is 19.1 Å². The smallest absolute Gasteiger partial charge is 0.242 e. The van der Waals surface area contributed by atoms with E-state index in [-0.39, 0.29) is 30.7 Å². The molecular weight excluding hydrogens is 401 g/mol. The molecule has 9 heteroatoms. The van der Waals surface area contributed by atoms with Crippen molar-refractivity contribution in [1.29, 1.82) is 0 Å². The number of carbonyl (C=O) groups excluding carboxylic acids is 1. The number of nitrogens with zero attached hydrogens (tertiary/aromatic N) is 3. The number of rotatable bonds is 7. The molecule has 1 aliphatic rings. The molecule has 28 heavy (non-hydrogen) atoms. The summed E-state index contributed by atoms with van der Waals surface area (Å²) in [5.74, 6) is -0.0575. The standard InChI is InChI=1S/C19H27N5O2.2ClH/c1-20-18(17-12-22-23(2)14-17)19(25)21-11-15-3-5-16(6-4-15)13-24-7-9-26-10-8-24;;/h3-6,12,14,18,20H,7-11,13H2,1-2H3,(H,21,25);2*1H. The zero-order valence-electron chi connectivity index (χ0n) is 16.3. The van der Waals surface area contributed by atoms with Gasteiger partial charge in [0, 0.05) is 45.0 Å². The van der Waals surface area contributed by atoms with Gasteiger partial charge < -0.3 is 15.4 Å². The lowest BCUT2D eigenvalue weighted by molar-refractivity contribution is -0.123. The predicted octanol–water partition coefficient (Wildman–Crippen LogP) is 1.67. The Hall–Kier alpha value is -1.64. The molecule has 1 unspecified atom stereocenters. The fourth-order valence-electron chi connectivity index (χ4n) is 3.11. The number of hydrogen-bond donors (Lipinski definition) is 2. The summed E-state index contributed by atoms with van der Waals surface area (Å²) in [6.07, 6.45) is 3.56. The van der Waals surface area contributed by atoms with Crippen molar-refractivity contribution >= 4 is 30.7 Å². The first-order chi connectivity index (χ1) is 12.7. The Bertz CT molecular complexity index is 717. The Morgan fingerprint density at radius 2 is 1.82 bits per heavy atom. The van der Waals surface area contributed by atoms with Gasteiger partial charge in [0.15, 0.2) is 0 Å². The normalized spacial score (nSPS) is 15.2. The van der Waals surface area contributed by atoms with Gasteiger partial charge in [-0.1, -0.05) is 24.3 Å². The first-order valence-electron chi connectivity index (χ1n) is 8.97. The topological polar surface area (TPSA) is 71.4 Å². The van der Waals surface area contributed by atoms with Gasteiger partial charge in [0.25, 0.3) is 0 Å². The second-order valence-electron chi connectivity index (χ2n) is 6.59. The van der Waals surface area contributed by atoms with Gasteiger partial charge in [-0.3, -0.25) is 14.4 Å². The fourth-order valence-corrected chi connectivity index (χ4v) is 3.11. The summed E-state index contributed by atoms with van der Waals surface area (Å²) in [7, 11) is 3.62. The lowest BCUT2D eigenvalue weighted by atomic mass is 10.1. The van der Waals surface area contributed by atoms with Crippen molar-refractivity contribution in [3.05, 3.63) is 53.3 Å². The van der Waals surface area contributed by atoms with E-state index >= 15 is 0 Å². The molecule has 0 saturated carbocycles. The highest BCUT2D eigenvalue weighted by Gasteiger charge is 2.19. The number of hydrogen-bond acceptors (Lipinski definition) is 5. The van der Waals surface area contributed by atoms with Crippen LogP contribution in [0.2, 0.25) is 0 Å². The Morgan fingerprint density at radius 1 is 1.18 bits per heavy atom. The molecular formula is C19H29Cl2N5O2. The van der Waals surface area contributed by atoms with Gasteiger partial charge in [0.1, 0.15) is 6.04 Å². The SMILES string of the molecule is CNC(C(=O)NCc1ccc(CN2CCOCC2)cc1)c1cnn(C)c1.Cl.Cl. The molecule has 0 radical (unpaired) electrons. The molecule has 3 rings (SSSR count). The number of benzene rings is 1. The monoisotopic (exact) mass is 429 g/mol. The van der Waals surface area contributed by atoms with Crippen LogP contribution in [0.5, 0.6) is 0 Å². The van der Waals surface area contributed by atoms with Crippen LogP contribution in [0.1, 0.15) is 22.7 Å². The average Bonchev–Trinajstić information content (AvgIpc) is 3.08. The summed E-state index contributed by atoms with van der Waals surface area (Å²) >= 11 is 0. The van der Waals surface area contributed by atoms with Crippen LogP contribution in [0.4, 0.5) is 0 Å². The molecule has 7 nitrogen and oxygen atoms in total. The minimum absolute atomic E-state index is 0. The lowest BCUT2D eigenvalue weighted by Gasteiger charge is -2.26. The number of carbonyl (C=O) groups is 1. The van der Waals surface area contributed by atoms with Crippen LogP contribution in [0.3, 0.4) is 0 Å². The first kappa shape index (κ1) is 24.4. The van der Waals surface area contributed by atoms with Gasteiger partial charge >= 0.3 is 0 Å². The minimum Gasteiger partial charge on any atom is -0.379 e. The fraction of sp³-hybridized carbons (Fsp3) is 0.474. The van der Waals surface area contributed by atoms with E-state index in [1.165, 1.54) is 5.56 Å². The molecule has 1 atom stereocenters. The number of amides is 1. The number of halogens is 2. The number of aromatic nitrogens is 2. The number of nitrogens with one attached hydrogen (secondary N) is 2. The maximum absolute atomic E-state index is 12.5.